The maximum absolute atomic E-state index is 13.7. The van der Waals surface area contributed by atoms with Crippen molar-refractivity contribution >= 4 is 68.3 Å². The van der Waals surface area contributed by atoms with Crippen molar-refractivity contribution in [2.24, 2.45) is 5.14 Å². The lowest BCUT2D eigenvalue weighted by atomic mass is 9.77. The molecule has 0 aliphatic carbocycles. The molecule has 238 valence electrons. The quantitative estimate of drug-likeness (QED) is 0.133. The molecule has 2 aliphatic rings. The van der Waals surface area contributed by atoms with Crippen LogP contribution in [0.4, 0.5) is 0 Å². The van der Waals surface area contributed by atoms with E-state index in [2.05, 4.69) is 15.0 Å². The van der Waals surface area contributed by atoms with E-state index in [0.717, 1.165) is 23.7 Å². The molecule has 3 aromatic heterocycles. The molecule has 6 N–H and O–H groups in total. The molecule has 11 nitrogen and oxygen atoms in total. The van der Waals surface area contributed by atoms with Gasteiger partial charge in [0.05, 0.1) is 27.7 Å². The number of nitrogens with one attached hydrogen (secondary N) is 2. The number of primary sulfonamides is 1. The molecule has 2 aliphatic heterocycles. The lowest BCUT2D eigenvalue weighted by Gasteiger charge is -2.26. The van der Waals surface area contributed by atoms with Crippen molar-refractivity contribution in [1.29, 1.82) is 0 Å². The number of fused-ring (bicyclic) bond motifs is 8. The Labute approximate surface area is 273 Å². The molecule has 0 saturated heterocycles. The minimum atomic E-state index is -4.66. The van der Waals surface area contributed by atoms with E-state index in [1.165, 1.54) is 12.1 Å². The van der Waals surface area contributed by atoms with E-state index < -0.39 is 32.3 Å². The van der Waals surface area contributed by atoms with Crippen molar-refractivity contribution in [2.75, 3.05) is 0 Å². The highest BCUT2D eigenvalue weighted by molar-refractivity contribution is 7.89. The first kappa shape index (κ1) is 30.5. The SMILES string of the molecule is CC(C(=O)O)(C(=O)O)c1ccc(-c2c3nc(cc4ccc(cc5nc(cc6ccc2[nH]6)C=C5)[nH]4)C=C3)c(S(N)(=O)=O)c1-c1ccccc1. The van der Waals surface area contributed by atoms with Gasteiger partial charge in [0.25, 0.3) is 0 Å². The molecular weight excluding hydrogens is 630 g/mol. The van der Waals surface area contributed by atoms with E-state index in [4.69, 9.17) is 10.1 Å². The second kappa shape index (κ2) is 11.3. The van der Waals surface area contributed by atoms with Gasteiger partial charge in [0.2, 0.25) is 10.0 Å². The van der Waals surface area contributed by atoms with Gasteiger partial charge in [0, 0.05) is 38.8 Å². The summed E-state index contributed by atoms with van der Waals surface area (Å²) in [5, 5.41) is 26.4. The first-order valence-electron chi connectivity index (χ1n) is 14.7. The number of aliphatic carboxylic acids is 2. The maximum atomic E-state index is 13.7. The second-order valence-electron chi connectivity index (χ2n) is 11.6. The van der Waals surface area contributed by atoms with E-state index in [1.54, 1.807) is 48.6 Å². The zero-order chi connectivity index (χ0) is 33.8. The fraction of sp³-hybridized carbons (Fsp3) is 0.0556. The maximum Gasteiger partial charge on any atom is 0.325 e. The molecule has 0 atom stereocenters. The number of H-pyrrole nitrogens is 2. The number of benzene rings is 2. The number of carboxylic acids is 2. The monoisotopic (exact) mass is 657 g/mol. The van der Waals surface area contributed by atoms with Crippen LogP contribution in [-0.2, 0) is 25.0 Å². The van der Waals surface area contributed by atoms with Crippen molar-refractivity contribution in [3.63, 3.8) is 0 Å². The number of sulfonamides is 1. The van der Waals surface area contributed by atoms with E-state index in [1.807, 2.05) is 48.6 Å². The van der Waals surface area contributed by atoms with Gasteiger partial charge < -0.3 is 20.2 Å². The van der Waals surface area contributed by atoms with Crippen LogP contribution in [0.5, 0.6) is 0 Å². The summed E-state index contributed by atoms with van der Waals surface area (Å²) in [6, 6.07) is 23.9. The Morgan fingerprint density at radius 3 is 1.88 bits per heavy atom. The highest BCUT2D eigenvalue weighted by atomic mass is 32.2. The average Bonchev–Trinajstić information content (AvgIpc) is 3.87. The van der Waals surface area contributed by atoms with Gasteiger partial charge >= 0.3 is 11.9 Å². The Balaban J connectivity index is 1.65. The summed E-state index contributed by atoms with van der Waals surface area (Å²) in [4.78, 5) is 40.9. The molecule has 5 aromatic rings. The fourth-order valence-electron chi connectivity index (χ4n) is 6.00. The number of nitrogens with two attached hydrogens (primary N) is 1. The van der Waals surface area contributed by atoms with Crippen LogP contribution in [-0.4, -0.2) is 50.5 Å². The van der Waals surface area contributed by atoms with Crippen molar-refractivity contribution in [1.82, 2.24) is 19.9 Å². The van der Waals surface area contributed by atoms with Gasteiger partial charge in [-0.2, -0.15) is 0 Å². The van der Waals surface area contributed by atoms with Crippen molar-refractivity contribution in [3.8, 4) is 22.3 Å². The van der Waals surface area contributed by atoms with Crippen molar-refractivity contribution in [2.45, 2.75) is 17.2 Å². The summed E-state index contributed by atoms with van der Waals surface area (Å²) in [6.07, 6.45) is 7.30. The van der Waals surface area contributed by atoms with Crippen LogP contribution < -0.4 is 5.14 Å². The molecule has 7 rings (SSSR count). The summed E-state index contributed by atoms with van der Waals surface area (Å²) >= 11 is 0. The van der Waals surface area contributed by atoms with Gasteiger partial charge in [-0.25, -0.2) is 23.5 Å². The van der Waals surface area contributed by atoms with Crippen molar-refractivity contribution in [3.05, 3.63) is 113 Å². The first-order chi connectivity index (χ1) is 22.9. The predicted octanol–water partition coefficient (Wildman–Crippen LogP) is 6.06. The van der Waals surface area contributed by atoms with Crippen LogP contribution in [0.3, 0.4) is 0 Å². The Morgan fingerprint density at radius 2 is 1.27 bits per heavy atom. The van der Waals surface area contributed by atoms with Crippen LogP contribution in [0.2, 0.25) is 0 Å². The normalized spacial score (nSPS) is 12.7. The molecule has 0 fully saturated rings. The summed E-state index contributed by atoms with van der Waals surface area (Å²) in [5.41, 5.74) is 3.00. The number of nitrogens with zero attached hydrogens (tertiary/aromatic N) is 2. The van der Waals surface area contributed by atoms with E-state index >= 15 is 0 Å². The third-order valence-electron chi connectivity index (χ3n) is 8.39. The Kier molecular flexibility index (Phi) is 7.19. The molecule has 5 heterocycles. The topological polar surface area (TPSA) is 192 Å². The third-order valence-corrected chi connectivity index (χ3v) is 9.38. The molecule has 0 amide bonds. The summed E-state index contributed by atoms with van der Waals surface area (Å²) in [7, 11) is -4.66. The Bertz CT molecular complexity index is 2500. The van der Waals surface area contributed by atoms with Crippen LogP contribution >= 0.6 is 0 Å². The summed E-state index contributed by atoms with van der Waals surface area (Å²) < 4.78 is 27.4. The minimum absolute atomic E-state index is 0.0999. The van der Waals surface area contributed by atoms with Gasteiger partial charge in [0.1, 0.15) is 0 Å². The molecule has 2 aromatic carbocycles. The van der Waals surface area contributed by atoms with Gasteiger partial charge in [-0.05, 0) is 84.8 Å². The molecular formula is C36H27N5O6S. The van der Waals surface area contributed by atoms with Gasteiger partial charge in [-0.3, -0.25) is 9.59 Å². The predicted molar refractivity (Wildman–Crippen MR) is 184 cm³/mol. The molecule has 0 spiro atoms. The lowest BCUT2D eigenvalue weighted by molar-refractivity contribution is -0.156. The Hall–Kier alpha value is -6.11. The summed E-state index contributed by atoms with van der Waals surface area (Å²) in [6.45, 7) is 1.02. The van der Waals surface area contributed by atoms with Gasteiger partial charge in [0.15, 0.2) is 5.41 Å². The smallest absolute Gasteiger partial charge is 0.325 e. The van der Waals surface area contributed by atoms with Crippen LogP contribution in [0.1, 0.15) is 35.3 Å². The van der Waals surface area contributed by atoms with Crippen LogP contribution in [0, 0.1) is 0 Å². The Morgan fingerprint density at radius 1 is 0.708 bits per heavy atom. The van der Waals surface area contributed by atoms with Gasteiger partial charge in [-0.15, -0.1) is 0 Å². The van der Waals surface area contributed by atoms with E-state index in [0.29, 0.717) is 33.7 Å². The molecule has 0 radical (unpaired) electrons. The number of aromatic nitrogens is 4. The van der Waals surface area contributed by atoms with Crippen LogP contribution in [0.15, 0.2) is 89.8 Å². The van der Waals surface area contributed by atoms with E-state index in [9.17, 15) is 28.2 Å². The molecule has 0 unspecified atom stereocenters. The zero-order valence-corrected chi connectivity index (χ0v) is 26.1. The number of carbonyl (C=O) groups is 2. The number of rotatable bonds is 6. The number of aromatic amines is 2. The minimum Gasteiger partial charge on any atom is -0.480 e. The molecule has 8 bridgehead atoms. The number of hydrogen-bond acceptors (Lipinski definition) is 6. The largest absolute Gasteiger partial charge is 0.480 e. The summed E-state index contributed by atoms with van der Waals surface area (Å²) in [5.74, 6) is -3.34. The second-order valence-corrected chi connectivity index (χ2v) is 13.1. The third kappa shape index (κ3) is 5.28. The zero-order valence-electron chi connectivity index (χ0n) is 25.3. The van der Waals surface area contributed by atoms with Crippen molar-refractivity contribution < 1.29 is 28.2 Å². The number of carboxylic acid groups (broad SMARTS) is 2. The molecule has 0 saturated carbocycles. The standard InChI is InChI=1S/C36H27N5O6S/c1-36(34(42)43,35(44)45)28-14-13-27(33(48(37,46)47)31(28)20-5-3-2-4-6-20)32-29-15-11-25(40-29)18-23-9-7-21(38-23)17-22-8-10-24(39-22)19-26-12-16-30(32)41-26/h2-19,38,41H,1H3,(H,42,43)(H,44,45)(H2,37,46,47). The lowest BCUT2D eigenvalue weighted by Crippen LogP contribution is -2.41. The van der Waals surface area contributed by atoms with Crippen LogP contribution in [0.25, 0.3) is 68.6 Å². The highest BCUT2D eigenvalue weighted by Gasteiger charge is 2.46. The number of hydrogen-bond donors (Lipinski definition) is 5. The average molecular weight is 658 g/mol. The van der Waals surface area contributed by atoms with Gasteiger partial charge in [-0.1, -0.05) is 42.5 Å². The fourth-order valence-corrected chi connectivity index (χ4v) is 6.99. The molecule has 48 heavy (non-hydrogen) atoms. The first-order valence-corrected chi connectivity index (χ1v) is 16.3. The highest BCUT2D eigenvalue weighted by Crippen LogP contribution is 2.44. The molecule has 12 heteroatoms. The van der Waals surface area contributed by atoms with E-state index in [-0.39, 0.29) is 22.3 Å².